The molecule has 0 fully saturated rings. The number of hydrogen-bond donors (Lipinski definition) is 1. The summed E-state index contributed by atoms with van der Waals surface area (Å²) in [6.45, 7) is 2.01. The number of rotatable bonds is 2. The number of carbonyl (C=O) groups is 2. The van der Waals surface area contributed by atoms with Gasteiger partial charge in [-0.05, 0) is 30.0 Å². The van der Waals surface area contributed by atoms with Gasteiger partial charge in [0.05, 0.1) is 6.42 Å². The third-order valence-electron chi connectivity index (χ3n) is 3.20. The molecule has 0 aromatic heterocycles. The molecule has 0 bridgehead atoms. The number of hydrogen-bond acceptors (Lipinski definition) is 2. The highest BCUT2D eigenvalue weighted by molar-refractivity contribution is 5.88. The molecule has 1 aromatic rings. The fraction of sp³-hybridized carbons (Fsp3) is 0.385. The quantitative estimate of drug-likeness (QED) is 0.822. The molecule has 1 unspecified atom stereocenters. The van der Waals surface area contributed by atoms with E-state index >= 15 is 0 Å². The molecule has 0 aliphatic heterocycles. The third kappa shape index (κ3) is 1.98. The number of Topliss-reactive ketones (excluding diaryl/α,β-unsaturated/α-hetero) is 1. The van der Waals surface area contributed by atoms with Crippen molar-refractivity contribution in [1.29, 1.82) is 0 Å². The Labute approximate surface area is 94.1 Å². The van der Waals surface area contributed by atoms with Crippen LogP contribution in [0.5, 0.6) is 0 Å². The molecule has 1 N–H and O–H groups in total. The summed E-state index contributed by atoms with van der Waals surface area (Å²) in [5.41, 5.74) is 3.38. The fourth-order valence-electron chi connectivity index (χ4n) is 2.31. The second-order valence-corrected chi connectivity index (χ2v) is 4.35. The van der Waals surface area contributed by atoms with E-state index in [0.717, 1.165) is 16.7 Å². The maximum atomic E-state index is 11.7. The van der Waals surface area contributed by atoms with Crippen LogP contribution in [0.15, 0.2) is 18.2 Å². The predicted molar refractivity (Wildman–Crippen MR) is 59.3 cm³/mol. The van der Waals surface area contributed by atoms with Gasteiger partial charge in [-0.3, -0.25) is 9.59 Å². The normalized spacial score (nSPS) is 19.3. The van der Waals surface area contributed by atoms with Crippen molar-refractivity contribution in [2.45, 2.75) is 26.2 Å². The van der Waals surface area contributed by atoms with E-state index in [1.807, 2.05) is 25.1 Å². The van der Waals surface area contributed by atoms with Gasteiger partial charge in [0.1, 0.15) is 5.78 Å². The summed E-state index contributed by atoms with van der Waals surface area (Å²) >= 11 is 0. The number of carboxylic acid groups (broad SMARTS) is 1. The minimum Gasteiger partial charge on any atom is -0.481 e. The van der Waals surface area contributed by atoms with Crippen molar-refractivity contribution in [3.8, 4) is 0 Å². The minimum atomic E-state index is -0.893. The first-order chi connectivity index (χ1) is 7.58. The van der Waals surface area contributed by atoms with Gasteiger partial charge in [0.15, 0.2) is 0 Å². The first-order valence-electron chi connectivity index (χ1n) is 5.40. The Bertz CT molecular complexity index is 448. The van der Waals surface area contributed by atoms with Crippen molar-refractivity contribution in [2.75, 3.05) is 0 Å². The Morgan fingerprint density at radius 1 is 1.50 bits per heavy atom. The van der Waals surface area contributed by atoms with Crippen LogP contribution in [0.2, 0.25) is 0 Å². The molecule has 0 saturated carbocycles. The van der Waals surface area contributed by atoms with Crippen LogP contribution in [0.25, 0.3) is 0 Å². The molecule has 0 amide bonds. The van der Waals surface area contributed by atoms with Gasteiger partial charge < -0.3 is 5.11 Å². The van der Waals surface area contributed by atoms with Gasteiger partial charge in [0.2, 0.25) is 0 Å². The van der Waals surface area contributed by atoms with Crippen LogP contribution >= 0.6 is 0 Å². The highest BCUT2D eigenvalue weighted by Crippen LogP contribution is 2.27. The summed E-state index contributed by atoms with van der Waals surface area (Å²) in [6, 6.07) is 5.91. The highest BCUT2D eigenvalue weighted by atomic mass is 16.4. The van der Waals surface area contributed by atoms with E-state index in [0.29, 0.717) is 12.8 Å². The maximum absolute atomic E-state index is 11.7. The van der Waals surface area contributed by atoms with E-state index in [1.54, 1.807) is 0 Å². The van der Waals surface area contributed by atoms with Crippen LogP contribution in [0, 0.1) is 12.8 Å². The minimum absolute atomic E-state index is 0.0490. The summed E-state index contributed by atoms with van der Waals surface area (Å²) in [5, 5.41) is 8.75. The van der Waals surface area contributed by atoms with Crippen LogP contribution in [0.3, 0.4) is 0 Å². The van der Waals surface area contributed by atoms with Gasteiger partial charge in [0.25, 0.3) is 0 Å². The number of aryl methyl sites for hydroxylation is 1. The molecule has 0 saturated heterocycles. The molecule has 0 spiro atoms. The lowest BCUT2D eigenvalue weighted by atomic mass is 9.79. The van der Waals surface area contributed by atoms with E-state index in [1.165, 1.54) is 0 Å². The number of ketones is 1. The Hall–Kier alpha value is -1.64. The number of benzene rings is 1. The number of fused-ring (bicyclic) bond motifs is 1. The summed E-state index contributed by atoms with van der Waals surface area (Å²) < 4.78 is 0. The topological polar surface area (TPSA) is 54.4 Å². The van der Waals surface area contributed by atoms with Crippen LogP contribution in [0.4, 0.5) is 0 Å². The molecule has 1 aliphatic carbocycles. The lowest BCUT2D eigenvalue weighted by Crippen LogP contribution is -2.28. The lowest BCUT2D eigenvalue weighted by molar-refractivity contribution is -0.140. The Morgan fingerprint density at radius 2 is 2.25 bits per heavy atom. The predicted octanol–water partition coefficient (Wildman–Crippen LogP) is 1.75. The zero-order valence-electron chi connectivity index (χ0n) is 9.19. The average Bonchev–Trinajstić information content (AvgIpc) is 2.20. The van der Waals surface area contributed by atoms with Gasteiger partial charge in [-0.25, -0.2) is 0 Å². The number of aliphatic carboxylic acids is 1. The Morgan fingerprint density at radius 3 is 2.94 bits per heavy atom. The van der Waals surface area contributed by atoms with Gasteiger partial charge in [-0.15, -0.1) is 0 Å². The van der Waals surface area contributed by atoms with Crippen molar-refractivity contribution >= 4 is 11.8 Å². The molecule has 84 valence electrons. The van der Waals surface area contributed by atoms with E-state index in [2.05, 4.69) is 0 Å². The molecular weight excluding hydrogens is 204 g/mol. The van der Waals surface area contributed by atoms with Crippen molar-refractivity contribution in [3.05, 3.63) is 34.9 Å². The van der Waals surface area contributed by atoms with Gasteiger partial charge >= 0.3 is 5.97 Å². The largest absolute Gasteiger partial charge is 0.481 e. The zero-order valence-corrected chi connectivity index (χ0v) is 9.19. The van der Waals surface area contributed by atoms with Crippen LogP contribution < -0.4 is 0 Å². The second kappa shape index (κ2) is 4.08. The summed E-state index contributed by atoms with van der Waals surface area (Å²) in [7, 11) is 0. The summed E-state index contributed by atoms with van der Waals surface area (Å²) in [6.07, 6.45) is 0.911. The standard InChI is InChI=1S/C13H14O3/c1-8-3-2-4-9-6-12(14)10(5-11(8)9)7-13(15)16/h2-4,10H,5-7H2,1H3,(H,15,16). The molecule has 2 rings (SSSR count). The van der Waals surface area contributed by atoms with E-state index in [4.69, 9.17) is 5.11 Å². The smallest absolute Gasteiger partial charge is 0.304 e. The van der Waals surface area contributed by atoms with E-state index in [9.17, 15) is 9.59 Å². The van der Waals surface area contributed by atoms with Crippen LogP contribution in [0.1, 0.15) is 23.1 Å². The van der Waals surface area contributed by atoms with Gasteiger partial charge in [-0.2, -0.15) is 0 Å². The Kier molecular flexibility index (Phi) is 2.77. The molecule has 0 heterocycles. The first-order valence-corrected chi connectivity index (χ1v) is 5.40. The monoisotopic (exact) mass is 218 g/mol. The molecule has 1 aliphatic rings. The number of carboxylic acids is 1. The molecule has 1 atom stereocenters. The molecule has 1 aromatic carbocycles. The van der Waals surface area contributed by atoms with E-state index in [-0.39, 0.29) is 18.1 Å². The van der Waals surface area contributed by atoms with Gasteiger partial charge in [0, 0.05) is 12.3 Å². The molecule has 16 heavy (non-hydrogen) atoms. The first kappa shape index (κ1) is 10.9. The number of carbonyl (C=O) groups excluding carboxylic acids is 1. The van der Waals surface area contributed by atoms with Crippen LogP contribution in [-0.2, 0) is 22.4 Å². The third-order valence-corrected chi connectivity index (χ3v) is 3.20. The molecule has 3 nitrogen and oxygen atoms in total. The average molecular weight is 218 g/mol. The van der Waals surface area contributed by atoms with Crippen LogP contribution in [-0.4, -0.2) is 16.9 Å². The maximum Gasteiger partial charge on any atom is 0.304 e. The highest BCUT2D eigenvalue weighted by Gasteiger charge is 2.28. The summed E-state index contributed by atoms with van der Waals surface area (Å²) in [4.78, 5) is 22.4. The van der Waals surface area contributed by atoms with Gasteiger partial charge in [-0.1, -0.05) is 18.2 Å². The van der Waals surface area contributed by atoms with Crippen molar-refractivity contribution in [3.63, 3.8) is 0 Å². The lowest BCUT2D eigenvalue weighted by Gasteiger charge is -2.23. The van der Waals surface area contributed by atoms with E-state index < -0.39 is 5.97 Å². The van der Waals surface area contributed by atoms with Crippen molar-refractivity contribution in [1.82, 2.24) is 0 Å². The SMILES string of the molecule is Cc1cccc2c1CC(CC(=O)O)C(=O)C2. The van der Waals surface area contributed by atoms with Crippen molar-refractivity contribution in [2.24, 2.45) is 5.92 Å². The fourth-order valence-corrected chi connectivity index (χ4v) is 2.31. The summed E-state index contributed by atoms with van der Waals surface area (Å²) in [5.74, 6) is -1.18. The molecular formula is C13H14O3. The zero-order chi connectivity index (χ0) is 11.7. The Balaban J connectivity index is 2.30. The molecule has 3 heteroatoms. The molecule has 0 radical (unpaired) electrons. The second-order valence-electron chi connectivity index (χ2n) is 4.35. The van der Waals surface area contributed by atoms with Crippen molar-refractivity contribution < 1.29 is 14.7 Å².